The summed E-state index contributed by atoms with van der Waals surface area (Å²) in [7, 11) is -3.96. The molecule has 0 fully saturated rings. The molecule has 1 N–H and O–H groups in total. The second-order valence-electron chi connectivity index (χ2n) is 6.91. The first-order valence-corrected chi connectivity index (χ1v) is 11.2. The molecule has 0 bridgehead atoms. The largest absolute Gasteiger partial charge is 0.476 e. The molecule has 160 valence electrons. The van der Waals surface area contributed by atoms with Gasteiger partial charge < -0.3 is 10.1 Å². The third kappa shape index (κ3) is 4.50. The molecule has 0 aromatic heterocycles. The lowest BCUT2D eigenvalue weighted by molar-refractivity contribution is -0.127. The molecule has 1 aliphatic rings. The van der Waals surface area contributed by atoms with Crippen molar-refractivity contribution in [1.29, 1.82) is 0 Å². The number of ether oxygens (including phenoxy) is 1. The van der Waals surface area contributed by atoms with Gasteiger partial charge in [-0.2, -0.15) is 0 Å². The summed E-state index contributed by atoms with van der Waals surface area (Å²) in [6, 6.07) is 18.2. The first kappa shape index (κ1) is 21.1. The summed E-state index contributed by atoms with van der Waals surface area (Å²) in [6.45, 7) is -0.0399. The van der Waals surface area contributed by atoms with E-state index in [1.54, 1.807) is 36.4 Å². The van der Waals surface area contributed by atoms with E-state index in [0.717, 1.165) is 4.31 Å². The van der Waals surface area contributed by atoms with E-state index in [0.29, 0.717) is 16.3 Å². The number of fused-ring (bicyclic) bond motifs is 1. The Morgan fingerprint density at radius 3 is 2.45 bits per heavy atom. The number of para-hydroxylation sites is 2. The van der Waals surface area contributed by atoms with Crippen LogP contribution in [0.15, 0.2) is 77.7 Å². The highest BCUT2D eigenvalue weighted by Crippen LogP contribution is 2.36. The number of hydrogen-bond acceptors (Lipinski definition) is 4. The number of sulfonamides is 1. The summed E-state index contributed by atoms with van der Waals surface area (Å²) >= 11 is 5.89. The van der Waals surface area contributed by atoms with Crippen LogP contribution in [0.1, 0.15) is 5.56 Å². The zero-order valence-electron chi connectivity index (χ0n) is 16.2. The van der Waals surface area contributed by atoms with Crippen molar-refractivity contribution in [2.45, 2.75) is 17.5 Å². The predicted molar refractivity (Wildman–Crippen MR) is 115 cm³/mol. The van der Waals surface area contributed by atoms with Gasteiger partial charge in [0.1, 0.15) is 11.6 Å². The van der Waals surface area contributed by atoms with Crippen LogP contribution in [-0.2, 0) is 21.4 Å². The molecule has 0 saturated heterocycles. The number of hydrogen-bond donors (Lipinski definition) is 1. The normalized spacial score (nSPS) is 15.7. The average molecular weight is 461 g/mol. The van der Waals surface area contributed by atoms with Crippen molar-refractivity contribution in [2.24, 2.45) is 0 Å². The lowest BCUT2D eigenvalue weighted by Crippen LogP contribution is -2.50. The van der Waals surface area contributed by atoms with Crippen LogP contribution in [0.3, 0.4) is 0 Å². The van der Waals surface area contributed by atoms with Crippen LogP contribution in [0.2, 0.25) is 5.02 Å². The Hall–Kier alpha value is -3.10. The van der Waals surface area contributed by atoms with Crippen molar-refractivity contribution in [3.05, 3.63) is 89.2 Å². The minimum atomic E-state index is -3.96. The molecule has 1 aliphatic heterocycles. The van der Waals surface area contributed by atoms with Gasteiger partial charge in [0.15, 0.2) is 6.10 Å². The Morgan fingerprint density at radius 1 is 1.06 bits per heavy atom. The van der Waals surface area contributed by atoms with Crippen LogP contribution in [0.4, 0.5) is 10.1 Å². The quantitative estimate of drug-likeness (QED) is 0.629. The van der Waals surface area contributed by atoms with E-state index >= 15 is 0 Å². The minimum absolute atomic E-state index is 0.0547. The molecule has 3 aromatic rings. The SMILES string of the molecule is O=C(NCc1ccc(F)cc1)[C@@H]1CN(S(=O)(=O)c2ccc(Cl)cc2)c2ccccc2O1. The van der Waals surface area contributed by atoms with Crippen LogP contribution < -0.4 is 14.4 Å². The van der Waals surface area contributed by atoms with Gasteiger partial charge >= 0.3 is 0 Å². The summed E-state index contributed by atoms with van der Waals surface area (Å²) < 4.78 is 46.6. The molecule has 0 aliphatic carbocycles. The summed E-state index contributed by atoms with van der Waals surface area (Å²) in [6.07, 6.45) is -1.06. The minimum Gasteiger partial charge on any atom is -0.476 e. The first-order valence-electron chi connectivity index (χ1n) is 9.41. The third-order valence-corrected chi connectivity index (χ3v) is 6.85. The monoisotopic (exact) mass is 460 g/mol. The Bertz CT molecular complexity index is 1200. The molecule has 6 nitrogen and oxygen atoms in total. The van der Waals surface area contributed by atoms with Crippen molar-refractivity contribution in [2.75, 3.05) is 10.8 Å². The summed E-state index contributed by atoms with van der Waals surface area (Å²) in [5.41, 5.74) is 1.05. The molecule has 1 atom stereocenters. The second kappa shape index (κ2) is 8.56. The predicted octanol–water partition coefficient (Wildman–Crippen LogP) is 3.75. The molecule has 9 heteroatoms. The van der Waals surface area contributed by atoms with Crippen molar-refractivity contribution in [3.8, 4) is 5.75 Å². The summed E-state index contributed by atoms with van der Waals surface area (Å²) in [5, 5.41) is 3.13. The number of nitrogens with zero attached hydrogens (tertiary/aromatic N) is 1. The van der Waals surface area contributed by atoms with E-state index in [1.807, 2.05) is 0 Å². The second-order valence-corrected chi connectivity index (χ2v) is 9.21. The fourth-order valence-corrected chi connectivity index (χ4v) is 4.81. The zero-order valence-corrected chi connectivity index (χ0v) is 17.7. The van der Waals surface area contributed by atoms with Crippen LogP contribution in [0.5, 0.6) is 5.75 Å². The van der Waals surface area contributed by atoms with Gasteiger partial charge in [0.2, 0.25) is 0 Å². The molecular weight excluding hydrogens is 443 g/mol. The van der Waals surface area contributed by atoms with Crippen molar-refractivity contribution in [1.82, 2.24) is 5.32 Å². The van der Waals surface area contributed by atoms with Crippen LogP contribution in [0.25, 0.3) is 0 Å². The average Bonchev–Trinajstić information content (AvgIpc) is 2.78. The Labute approximate surface area is 184 Å². The van der Waals surface area contributed by atoms with Crippen molar-refractivity contribution in [3.63, 3.8) is 0 Å². The molecule has 0 radical (unpaired) electrons. The van der Waals surface area contributed by atoms with Gasteiger partial charge in [0.05, 0.1) is 17.1 Å². The third-order valence-electron chi connectivity index (χ3n) is 4.81. The van der Waals surface area contributed by atoms with E-state index in [9.17, 15) is 17.6 Å². The maximum absolute atomic E-state index is 13.3. The maximum atomic E-state index is 13.3. The number of anilines is 1. The van der Waals surface area contributed by atoms with E-state index in [1.165, 1.54) is 36.4 Å². The molecular formula is C22H18ClFN2O4S. The molecule has 31 heavy (non-hydrogen) atoms. The molecule has 0 unspecified atom stereocenters. The Balaban J connectivity index is 1.58. The highest BCUT2D eigenvalue weighted by molar-refractivity contribution is 7.92. The van der Waals surface area contributed by atoms with Gasteiger partial charge in [0, 0.05) is 11.6 Å². The molecule has 1 heterocycles. The topological polar surface area (TPSA) is 75.7 Å². The standard InChI is InChI=1S/C22H18ClFN2O4S/c23-16-7-11-18(12-8-16)31(28,29)26-14-21(30-20-4-2-1-3-19(20)26)22(27)25-13-15-5-9-17(24)10-6-15/h1-12,21H,13-14H2,(H,25,27)/t21-/m0/s1. The first-order chi connectivity index (χ1) is 14.8. The van der Waals surface area contributed by atoms with Gasteiger partial charge in [-0.25, -0.2) is 12.8 Å². The summed E-state index contributed by atoms with van der Waals surface area (Å²) in [5.74, 6) is -0.561. The fourth-order valence-electron chi connectivity index (χ4n) is 3.21. The molecule has 1 amide bonds. The molecule has 0 saturated carbocycles. The van der Waals surface area contributed by atoms with Crippen molar-refractivity contribution < 1.29 is 22.3 Å². The van der Waals surface area contributed by atoms with Gasteiger partial charge in [-0.1, -0.05) is 35.9 Å². The lowest BCUT2D eigenvalue weighted by atomic mass is 10.2. The fraction of sp³-hybridized carbons (Fsp3) is 0.136. The van der Waals surface area contributed by atoms with Gasteiger partial charge in [-0.05, 0) is 54.1 Å². The van der Waals surface area contributed by atoms with Crippen LogP contribution >= 0.6 is 11.6 Å². The van der Waals surface area contributed by atoms with Crippen LogP contribution in [0, 0.1) is 5.82 Å². The number of carbonyl (C=O) groups is 1. The van der Waals surface area contributed by atoms with Gasteiger partial charge in [-0.3, -0.25) is 9.10 Å². The number of benzene rings is 3. The molecule has 3 aromatic carbocycles. The number of carbonyl (C=O) groups excluding carboxylic acids is 1. The highest BCUT2D eigenvalue weighted by atomic mass is 35.5. The van der Waals surface area contributed by atoms with E-state index in [2.05, 4.69) is 5.32 Å². The van der Waals surface area contributed by atoms with Gasteiger partial charge in [-0.15, -0.1) is 0 Å². The van der Waals surface area contributed by atoms with Crippen LogP contribution in [-0.4, -0.2) is 27.0 Å². The smallest absolute Gasteiger partial charge is 0.264 e. The number of halogens is 2. The Kier molecular flexibility index (Phi) is 5.84. The van der Waals surface area contributed by atoms with Gasteiger partial charge in [0.25, 0.3) is 15.9 Å². The Morgan fingerprint density at radius 2 is 1.74 bits per heavy atom. The molecule has 4 rings (SSSR count). The van der Waals surface area contributed by atoms with E-state index in [-0.39, 0.29) is 29.6 Å². The highest BCUT2D eigenvalue weighted by Gasteiger charge is 2.37. The van der Waals surface area contributed by atoms with E-state index in [4.69, 9.17) is 16.3 Å². The maximum Gasteiger partial charge on any atom is 0.264 e. The van der Waals surface area contributed by atoms with E-state index < -0.39 is 22.0 Å². The number of rotatable bonds is 5. The number of nitrogens with one attached hydrogen (secondary N) is 1. The van der Waals surface area contributed by atoms with Crippen molar-refractivity contribution >= 4 is 33.2 Å². The zero-order chi connectivity index (χ0) is 22.0. The number of amides is 1. The summed E-state index contributed by atoms with van der Waals surface area (Å²) in [4.78, 5) is 12.8. The molecule has 0 spiro atoms. The lowest BCUT2D eigenvalue weighted by Gasteiger charge is -2.34.